The number of aryl methyl sites for hydroxylation is 1. The van der Waals surface area contributed by atoms with E-state index in [4.69, 9.17) is 9.15 Å². The Morgan fingerprint density at radius 3 is 2.66 bits per heavy atom. The van der Waals surface area contributed by atoms with Crippen LogP contribution in [0, 0.1) is 6.92 Å². The number of fused-ring (bicyclic) bond motifs is 1. The van der Waals surface area contributed by atoms with E-state index in [2.05, 4.69) is 10.3 Å². The minimum atomic E-state index is -0.894. The van der Waals surface area contributed by atoms with E-state index < -0.39 is 6.04 Å². The summed E-state index contributed by atoms with van der Waals surface area (Å²) in [4.78, 5) is 32.9. The van der Waals surface area contributed by atoms with Crippen molar-refractivity contribution in [2.75, 3.05) is 7.11 Å². The third-order valence-electron chi connectivity index (χ3n) is 7.37. The van der Waals surface area contributed by atoms with Crippen molar-refractivity contribution >= 4 is 22.7 Å². The third kappa shape index (κ3) is 5.77. The van der Waals surface area contributed by atoms with Crippen molar-refractivity contribution < 1.29 is 18.7 Å². The Balaban J connectivity index is 1.51. The number of aromatic amines is 1. The standard InChI is InChI=1S/C31H35N3O4/c1-21-15-16-28(38-21)30(31(36)33-24-10-4-3-5-11-24)34(20-22-9-8-12-25(17-22)37-2)29(35)18-23-19-32-27-14-7-6-13-26(23)27/h6-9,12-17,19,24,30,32H,3-5,10-11,18,20H2,1-2H3,(H,33,36)/t30-/m0/s1. The number of carbonyl (C=O) groups is 2. The minimum absolute atomic E-state index is 0.109. The Bertz CT molecular complexity index is 1400. The third-order valence-corrected chi connectivity index (χ3v) is 7.37. The highest BCUT2D eigenvalue weighted by Gasteiger charge is 2.35. The lowest BCUT2D eigenvalue weighted by Gasteiger charge is -2.32. The molecule has 1 aliphatic rings. The monoisotopic (exact) mass is 513 g/mol. The van der Waals surface area contributed by atoms with Gasteiger partial charge in [-0.15, -0.1) is 0 Å². The Morgan fingerprint density at radius 2 is 1.89 bits per heavy atom. The number of nitrogens with zero attached hydrogens (tertiary/aromatic N) is 1. The molecule has 0 saturated heterocycles. The van der Waals surface area contributed by atoms with Gasteiger partial charge in [0.1, 0.15) is 17.3 Å². The SMILES string of the molecule is COc1cccc(CN(C(=O)Cc2c[nH]c3ccccc23)[C@H](C(=O)NC2CCCCC2)c2ccc(C)o2)c1. The van der Waals surface area contributed by atoms with E-state index in [0.717, 1.165) is 47.7 Å². The van der Waals surface area contributed by atoms with Crippen LogP contribution >= 0.6 is 0 Å². The van der Waals surface area contributed by atoms with Gasteiger partial charge in [0, 0.05) is 29.7 Å². The Kier molecular flexibility index (Phi) is 7.82. The van der Waals surface area contributed by atoms with Crippen LogP contribution in [0.5, 0.6) is 5.75 Å². The van der Waals surface area contributed by atoms with Crippen LogP contribution < -0.4 is 10.1 Å². The maximum absolute atomic E-state index is 14.1. The number of furan rings is 1. The number of amides is 2. The molecule has 2 heterocycles. The average Bonchev–Trinajstić information content (AvgIpc) is 3.55. The lowest BCUT2D eigenvalue weighted by atomic mass is 9.95. The summed E-state index contributed by atoms with van der Waals surface area (Å²) in [5.74, 6) is 1.49. The molecule has 1 fully saturated rings. The second kappa shape index (κ2) is 11.6. The fraction of sp³-hybridized carbons (Fsp3) is 0.355. The number of H-pyrrole nitrogens is 1. The van der Waals surface area contributed by atoms with E-state index in [1.54, 1.807) is 18.1 Å². The van der Waals surface area contributed by atoms with Gasteiger partial charge in [-0.2, -0.15) is 0 Å². The molecule has 0 radical (unpaired) electrons. The number of rotatable bonds is 9. The lowest BCUT2D eigenvalue weighted by molar-refractivity contribution is -0.142. The summed E-state index contributed by atoms with van der Waals surface area (Å²) in [5, 5.41) is 4.23. The largest absolute Gasteiger partial charge is 0.497 e. The number of nitrogens with one attached hydrogen (secondary N) is 2. The highest BCUT2D eigenvalue weighted by molar-refractivity contribution is 5.92. The second-order valence-electron chi connectivity index (χ2n) is 10.1. The van der Waals surface area contributed by atoms with E-state index in [1.807, 2.05) is 67.7 Å². The summed E-state index contributed by atoms with van der Waals surface area (Å²) in [6.07, 6.45) is 7.33. The molecule has 4 aromatic rings. The van der Waals surface area contributed by atoms with E-state index in [-0.39, 0.29) is 30.8 Å². The summed E-state index contributed by atoms with van der Waals surface area (Å²) in [6.45, 7) is 2.08. The predicted octanol–water partition coefficient (Wildman–Crippen LogP) is 5.84. The zero-order valence-electron chi connectivity index (χ0n) is 22.0. The zero-order chi connectivity index (χ0) is 26.5. The number of methoxy groups -OCH3 is 1. The van der Waals surface area contributed by atoms with E-state index in [9.17, 15) is 9.59 Å². The number of hydrogen-bond acceptors (Lipinski definition) is 4. The van der Waals surface area contributed by atoms with Crippen molar-refractivity contribution in [1.82, 2.24) is 15.2 Å². The van der Waals surface area contributed by atoms with Crippen molar-refractivity contribution in [3.05, 3.63) is 89.5 Å². The molecular formula is C31H35N3O4. The van der Waals surface area contributed by atoms with Gasteiger partial charge in [0.15, 0.2) is 6.04 Å². The van der Waals surface area contributed by atoms with Crippen molar-refractivity contribution in [3.8, 4) is 5.75 Å². The molecule has 1 aliphatic carbocycles. The van der Waals surface area contributed by atoms with Crippen LogP contribution in [-0.2, 0) is 22.6 Å². The molecule has 0 spiro atoms. The van der Waals surface area contributed by atoms with Gasteiger partial charge in [0.2, 0.25) is 5.91 Å². The number of aromatic nitrogens is 1. The van der Waals surface area contributed by atoms with Gasteiger partial charge in [0.05, 0.1) is 13.5 Å². The van der Waals surface area contributed by atoms with Gasteiger partial charge in [-0.05, 0) is 61.2 Å². The van der Waals surface area contributed by atoms with Crippen LogP contribution in [-0.4, -0.2) is 34.8 Å². The van der Waals surface area contributed by atoms with Gasteiger partial charge < -0.3 is 24.4 Å². The van der Waals surface area contributed by atoms with Crippen LogP contribution in [0.25, 0.3) is 10.9 Å². The number of ether oxygens (including phenoxy) is 1. The first-order valence-corrected chi connectivity index (χ1v) is 13.4. The van der Waals surface area contributed by atoms with E-state index in [0.29, 0.717) is 17.3 Å². The van der Waals surface area contributed by atoms with Crippen LogP contribution in [0.1, 0.15) is 60.8 Å². The van der Waals surface area contributed by atoms with Crippen molar-refractivity contribution in [2.45, 2.75) is 64.1 Å². The molecule has 7 nitrogen and oxygen atoms in total. The molecule has 2 N–H and O–H groups in total. The summed E-state index contributed by atoms with van der Waals surface area (Å²) >= 11 is 0. The molecule has 38 heavy (non-hydrogen) atoms. The summed E-state index contributed by atoms with van der Waals surface area (Å²) in [7, 11) is 1.62. The van der Waals surface area contributed by atoms with Gasteiger partial charge in [0.25, 0.3) is 5.91 Å². The summed E-state index contributed by atoms with van der Waals surface area (Å²) < 4.78 is 11.4. The van der Waals surface area contributed by atoms with Crippen molar-refractivity contribution in [3.63, 3.8) is 0 Å². The first-order chi connectivity index (χ1) is 18.5. The fourth-order valence-corrected chi connectivity index (χ4v) is 5.39. The topological polar surface area (TPSA) is 87.6 Å². The summed E-state index contributed by atoms with van der Waals surface area (Å²) in [6, 6.07) is 18.4. The smallest absolute Gasteiger partial charge is 0.250 e. The highest BCUT2D eigenvalue weighted by atomic mass is 16.5. The van der Waals surface area contributed by atoms with Gasteiger partial charge in [-0.25, -0.2) is 0 Å². The quantitative estimate of drug-likeness (QED) is 0.294. The Labute approximate surface area is 223 Å². The maximum Gasteiger partial charge on any atom is 0.250 e. The molecule has 1 atom stereocenters. The normalized spacial score (nSPS) is 14.8. The molecule has 2 aromatic carbocycles. The molecule has 0 unspecified atom stereocenters. The molecule has 5 rings (SSSR count). The fourth-order valence-electron chi connectivity index (χ4n) is 5.39. The van der Waals surface area contributed by atoms with Crippen LogP contribution in [0.2, 0.25) is 0 Å². The van der Waals surface area contributed by atoms with Crippen molar-refractivity contribution in [1.29, 1.82) is 0 Å². The molecule has 7 heteroatoms. The molecule has 2 aromatic heterocycles. The molecule has 1 saturated carbocycles. The first-order valence-electron chi connectivity index (χ1n) is 13.4. The number of benzene rings is 2. The lowest BCUT2D eigenvalue weighted by Crippen LogP contribution is -2.47. The number of hydrogen-bond donors (Lipinski definition) is 2. The number of carbonyl (C=O) groups excluding carboxylic acids is 2. The summed E-state index contributed by atoms with van der Waals surface area (Å²) in [5.41, 5.74) is 2.74. The highest BCUT2D eigenvalue weighted by Crippen LogP contribution is 2.29. The van der Waals surface area contributed by atoms with Gasteiger partial charge in [-0.1, -0.05) is 49.6 Å². The van der Waals surface area contributed by atoms with Crippen LogP contribution in [0.3, 0.4) is 0 Å². The van der Waals surface area contributed by atoms with Crippen LogP contribution in [0.15, 0.2) is 71.3 Å². The molecule has 0 bridgehead atoms. The van der Waals surface area contributed by atoms with E-state index >= 15 is 0 Å². The van der Waals surface area contributed by atoms with E-state index in [1.165, 1.54) is 6.42 Å². The second-order valence-corrected chi connectivity index (χ2v) is 10.1. The maximum atomic E-state index is 14.1. The average molecular weight is 514 g/mol. The zero-order valence-corrected chi connectivity index (χ0v) is 22.0. The Morgan fingerprint density at radius 1 is 1.08 bits per heavy atom. The minimum Gasteiger partial charge on any atom is -0.497 e. The molecule has 0 aliphatic heterocycles. The number of para-hydroxylation sites is 1. The first kappa shape index (κ1) is 25.6. The molecule has 2 amide bonds. The van der Waals surface area contributed by atoms with Crippen LogP contribution in [0.4, 0.5) is 0 Å². The molecular weight excluding hydrogens is 478 g/mol. The van der Waals surface area contributed by atoms with Gasteiger partial charge in [-0.3, -0.25) is 9.59 Å². The predicted molar refractivity (Wildman–Crippen MR) is 147 cm³/mol. The van der Waals surface area contributed by atoms with Gasteiger partial charge >= 0.3 is 0 Å². The van der Waals surface area contributed by atoms with Crippen molar-refractivity contribution in [2.24, 2.45) is 0 Å². The molecule has 198 valence electrons. The Hall–Kier alpha value is -4.00.